The Morgan fingerprint density at radius 1 is 1.17 bits per heavy atom. The summed E-state index contributed by atoms with van der Waals surface area (Å²) in [6.07, 6.45) is 4.74. The second-order valence-electron chi connectivity index (χ2n) is 6.53. The van der Waals surface area contributed by atoms with Gasteiger partial charge in [-0.1, -0.05) is 12.1 Å². The van der Waals surface area contributed by atoms with E-state index in [2.05, 4.69) is 14.7 Å². The highest BCUT2D eigenvalue weighted by Gasteiger charge is 2.19. The molecule has 4 rings (SSSR count). The molecule has 0 aliphatic carbocycles. The minimum atomic E-state index is -1.19. The normalized spacial score (nSPS) is 12.1. The summed E-state index contributed by atoms with van der Waals surface area (Å²) in [4.78, 5) is 20.3. The van der Waals surface area contributed by atoms with Gasteiger partial charge in [-0.2, -0.15) is 0 Å². The van der Waals surface area contributed by atoms with Crippen LogP contribution in [0.4, 0.5) is 15.8 Å². The minimum Gasteiger partial charge on any atom is -0.593 e. The first kappa shape index (κ1) is 19.0. The molecular weight excluding hydrogens is 391 g/mol. The van der Waals surface area contributed by atoms with Gasteiger partial charge in [0.05, 0.1) is 22.6 Å². The predicted molar refractivity (Wildman–Crippen MR) is 113 cm³/mol. The number of pyridine rings is 1. The van der Waals surface area contributed by atoms with Gasteiger partial charge in [-0.3, -0.25) is 4.79 Å². The van der Waals surface area contributed by atoms with Crippen molar-refractivity contribution in [3.63, 3.8) is 0 Å². The van der Waals surface area contributed by atoms with E-state index in [0.717, 1.165) is 11.1 Å². The highest BCUT2D eigenvalue weighted by molar-refractivity contribution is 7.92. The molecule has 0 amide bonds. The van der Waals surface area contributed by atoms with Crippen LogP contribution in [0.15, 0.2) is 60.9 Å². The third-order valence-electron chi connectivity index (χ3n) is 4.47. The van der Waals surface area contributed by atoms with Crippen molar-refractivity contribution in [2.75, 3.05) is 16.7 Å². The highest BCUT2D eigenvalue weighted by atomic mass is 32.2. The molecule has 0 spiro atoms. The van der Waals surface area contributed by atoms with Crippen LogP contribution < -0.4 is 10.5 Å². The largest absolute Gasteiger partial charge is 0.593 e. The van der Waals surface area contributed by atoms with Gasteiger partial charge in [0, 0.05) is 34.6 Å². The number of nitrogens with one attached hydrogen (secondary N) is 2. The molecule has 1 unspecified atom stereocenters. The third-order valence-corrected chi connectivity index (χ3v) is 4.99. The maximum absolute atomic E-state index is 14.2. The van der Waals surface area contributed by atoms with Crippen molar-refractivity contribution in [3.05, 3.63) is 77.9 Å². The average molecular weight is 408 g/mol. The fourth-order valence-corrected chi connectivity index (χ4v) is 3.60. The number of carbonyl (C=O) groups is 1. The smallest absolute Gasteiger partial charge is 0.198 e. The lowest BCUT2D eigenvalue weighted by Gasteiger charge is -2.09. The highest BCUT2D eigenvalue weighted by Crippen LogP contribution is 2.28. The standard InChI is InChI=1S/C21H17FN4O2S/c1-29(28)26-15-4-2-3-12(7-15)13-8-16-18(11-25-21(16)24-10-13)20(27)17-9-14(23)5-6-19(17)22/h2-11,26H,23H2,1H3,(H,24,25). The fraction of sp³-hybridized carbons (Fsp3) is 0.0476. The van der Waals surface area contributed by atoms with Crippen LogP contribution in [0.5, 0.6) is 0 Å². The SMILES string of the molecule is C[S+]([O-])Nc1cccc(-c2cnc3[nH]cc(C(=O)c4cc(N)ccc4F)c3c2)c1. The molecular formula is C21H17FN4O2S. The molecule has 0 fully saturated rings. The van der Waals surface area contributed by atoms with Crippen LogP contribution in [0.3, 0.4) is 0 Å². The number of rotatable bonds is 5. The minimum absolute atomic E-state index is 0.0899. The Hall–Kier alpha value is -3.36. The summed E-state index contributed by atoms with van der Waals surface area (Å²) in [5.41, 5.74) is 9.07. The quantitative estimate of drug-likeness (QED) is 0.264. The van der Waals surface area contributed by atoms with Crippen molar-refractivity contribution in [2.24, 2.45) is 0 Å². The molecule has 2 aromatic heterocycles. The fourth-order valence-electron chi connectivity index (χ4n) is 3.14. The maximum atomic E-state index is 14.2. The van der Waals surface area contributed by atoms with E-state index in [9.17, 15) is 13.7 Å². The summed E-state index contributed by atoms with van der Waals surface area (Å²) in [6.45, 7) is 0. The number of benzene rings is 2. The lowest BCUT2D eigenvalue weighted by Crippen LogP contribution is -2.09. The number of H-pyrrole nitrogens is 1. The Morgan fingerprint density at radius 3 is 2.79 bits per heavy atom. The number of ketones is 1. The number of hydrogen-bond donors (Lipinski definition) is 3. The van der Waals surface area contributed by atoms with E-state index >= 15 is 0 Å². The number of halogens is 1. The number of aromatic nitrogens is 2. The summed E-state index contributed by atoms with van der Waals surface area (Å²) in [5.74, 6) is -1.11. The van der Waals surface area contributed by atoms with E-state index in [-0.39, 0.29) is 5.56 Å². The Bertz CT molecular complexity index is 1220. The van der Waals surface area contributed by atoms with Crippen LogP contribution >= 0.6 is 0 Å². The topological polar surface area (TPSA) is 107 Å². The molecule has 2 aromatic carbocycles. The number of nitrogens with zero attached hydrogens (tertiary/aromatic N) is 1. The van der Waals surface area contributed by atoms with Gasteiger partial charge < -0.3 is 15.3 Å². The zero-order valence-corrected chi connectivity index (χ0v) is 16.2. The summed E-state index contributed by atoms with van der Waals surface area (Å²) in [6, 6.07) is 13.1. The first-order chi connectivity index (χ1) is 13.9. The number of hydrogen-bond acceptors (Lipinski definition) is 5. The van der Waals surface area contributed by atoms with E-state index in [1.807, 2.05) is 30.3 Å². The Labute approximate surface area is 169 Å². The molecule has 146 valence electrons. The van der Waals surface area contributed by atoms with E-state index in [0.29, 0.717) is 28.0 Å². The van der Waals surface area contributed by atoms with Gasteiger partial charge in [0.1, 0.15) is 17.7 Å². The third kappa shape index (κ3) is 3.80. The van der Waals surface area contributed by atoms with Crippen LogP contribution in [0, 0.1) is 5.82 Å². The zero-order valence-electron chi connectivity index (χ0n) is 15.4. The number of carbonyl (C=O) groups excluding carboxylic acids is 1. The second-order valence-corrected chi connectivity index (χ2v) is 7.64. The molecule has 0 aliphatic heterocycles. The van der Waals surface area contributed by atoms with Crippen molar-refractivity contribution in [1.82, 2.24) is 9.97 Å². The first-order valence-corrected chi connectivity index (χ1v) is 10.3. The van der Waals surface area contributed by atoms with Crippen molar-refractivity contribution in [3.8, 4) is 11.1 Å². The van der Waals surface area contributed by atoms with E-state index < -0.39 is 23.0 Å². The Balaban J connectivity index is 1.77. The molecule has 0 radical (unpaired) electrons. The summed E-state index contributed by atoms with van der Waals surface area (Å²) in [5, 5.41) is 0.576. The van der Waals surface area contributed by atoms with Crippen LogP contribution in [0.25, 0.3) is 22.2 Å². The lowest BCUT2D eigenvalue weighted by molar-refractivity contribution is 0.103. The van der Waals surface area contributed by atoms with Crippen molar-refractivity contribution in [1.29, 1.82) is 0 Å². The monoisotopic (exact) mass is 408 g/mol. The number of nitrogens with two attached hydrogens (primary N) is 1. The van der Waals surface area contributed by atoms with E-state index in [4.69, 9.17) is 5.73 Å². The van der Waals surface area contributed by atoms with Gasteiger partial charge in [0.15, 0.2) is 5.78 Å². The molecule has 4 aromatic rings. The summed E-state index contributed by atoms with van der Waals surface area (Å²) < 4.78 is 28.4. The maximum Gasteiger partial charge on any atom is 0.198 e. The number of aromatic amines is 1. The average Bonchev–Trinajstić information content (AvgIpc) is 3.12. The van der Waals surface area contributed by atoms with Gasteiger partial charge in [-0.05, 0) is 42.0 Å². The lowest BCUT2D eigenvalue weighted by atomic mass is 10.0. The van der Waals surface area contributed by atoms with Gasteiger partial charge in [-0.15, -0.1) is 0 Å². The molecule has 8 heteroatoms. The van der Waals surface area contributed by atoms with Crippen LogP contribution in [-0.4, -0.2) is 26.6 Å². The summed E-state index contributed by atoms with van der Waals surface area (Å²) >= 11 is -1.19. The van der Waals surface area contributed by atoms with Crippen molar-refractivity contribution in [2.45, 2.75) is 0 Å². The Morgan fingerprint density at radius 2 is 2.00 bits per heavy atom. The molecule has 2 heterocycles. The predicted octanol–water partition coefficient (Wildman–Crippen LogP) is 3.89. The molecule has 0 saturated heterocycles. The van der Waals surface area contributed by atoms with Crippen LogP contribution in [0.2, 0.25) is 0 Å². The first-order valence-electron chi connectivity index (χ1n) is 8.70. The molecule has 1 atom stereocenters. The van der Waals surface area contributed by atoms with Gasteiger partial charge >= 0.3 is 0 Å². The number of nitrogen functional groups attached to an aromatic ring is 1. The molecule has 0 aliphatic rings. The summed E-state index contributed by atoms with van der Waals surface area (Å²) in [7, 11) is 0. The van der Waals surface area contributed by atoms with E-state index in [1.165, 1.54) is 24.4 Å². The van der Waals surface area contributed by atoms with Crippen molar-refractivity contribution >= 4 is 39.6 Å². The number of fused-ring (bicyclic) bond motifs is 1. The number of anilines is 2. The molecule has 0 saturated carbocycles. The molecule has 29 heavy (non-hydrogen) atoms. The van der Waals surface area contributed by atoms with Crippen molar-refractivity contribution < 1.29 is 13.7 Å². The molecule has 0 bridgehead atoms. The Kier molecular flexibility index (Phi) is 4.96. The van der Waals surface area contributed by atoms with Crippen LogP contribution in [-0.2, 0) is 11.4 Å². The zero-order chi connectivity index (χ0) is 20.5. The van der Waals surface area contributed by atoms with E-state index in [1.54, 1.807) is 12.5 Å². The molecule has 6 nitrogen and oxygen atoms in total. The van der Waals surface area contributed by atoms with Crippen LogP contribution in [0.1, 0.15) is 15.9 Å². The van der Waals surface area contributed by atoms with Gasteiger partial charge in [0.2, 0.25) is 0 Å². The second kappa shape index (κ2) is 7.57. The molecule has 4 N–H and O–H groups in total. The van der Waals surface area contributed by atoms with Gasteiger partial charge in [0.25, 0.3) is 0 Å². The van der Waals surface area contributed by atoms with Gasteiger partial charge in [-0.25, -0.2) is 14.1 Å².